The van der Waals surface area contributed by atoms with Gasteiger partial charge in [0.2, 0.25) is 11.6 Å². The molecular formula is C23H25N5O5S2. The second kappa shape index (κ2) is 10.5. The summed E-state index contributed by atoms with van der Waals surface area (Å²) in [5.41, 5.74) is 0.278. The summed E-state index contributed by atoms with van der Waals surface area (Å²) in [5.74, 6) is 1.14. The monoisotopic (exact) mass is 515 g/mol. The van der Waals surface area contributed by atoms with Crippen LogP contribution in [0.5, 0.6) is 5.75 Å². The van der Waals surface area contributed by atoms with Crippen LogP contribution in [0.25, 0.3) is 0 Å². The molecule has 0 spiro atoms. The molecule has 2 aromatic carbocycles. The van der Waals surface area contributed by atoms with Crippen LogP contribution in [0.2, 0.25) is 0 Å². The number of benzene rings is 2. The van der Waals surface area contributed by atoms with E-state index in [1.807, 2.05) is 29.2 Å². The van der Waals surface area contributed by atoms with Crippen LogP contribution in [-0.4, -0.2) is 55.0 Å². The summed E-state index contributed by atoms with van der Waals surface area (Å²) in [6.45, 7) is 1.27. The van der Waals surface area contributed by atoms with Crippen molar-refractivity contribution in [3.8, 4) is 5.75 Å². The maximum absolute atomic E-state index is 12.0. The zero-order valence-corrected chi connectivity index (χ0v) is 20.9. The lowest BCUT2D eigenvalue weighted by atomic mass is 10.1. The number of methoxy groups -OCH3 is 1. The van der Waals surface area contributed by atoms with Gasteiger partial charge in [0.1, 0.15) is 12.1 Å². The van der Waals surface area contributed by atoms with Gasteiger partial charge in [-0.15, -0.1) is 11.8 Å². The Kier molecular flexibility index (Phi) is 7.41. The maximum atomic E-state index is 12.0. The highest BCUT2D eigenvalue weighted by Crippen LogP contribution is 2.37. The minimum atomic E-state index is -3.34. The zero-order valence-electron chi connectivity index (χ0n) is 19.2. The molecule has 0 saturated carbocycles. The average Bonchev–Trinajstić information content (AvgIpc) is 2.84. The smallest absolute Gasteiger partial charge is 0.353 e. The van der Waals surface area contributed by atoms with E-state index < -0.39 is 14.8 Å². The number of thioether (sulfide) groups is 1. The lowest BCUT2D eigenvalue weighted by Gasteiger charge is -2.32. The van der Waals surface area contributed by atoms with Crippen LogP contribution < -0.4 is 15.0 Å². The van der Waals surface area contributed by atoms with Crippen LogP contribution >= 0.6 is 11.8 Å². The first kappa shape index (κ1) is 24.7. The molecule has 0 aliphatic carbocycles. The Hall–Kier alpha value is -3.38. The molecule has 1 aliphatic rings. The van der Waals surface area contributed by atoms with Crippen molar-refractivity contribution >= 4 is 44.6 Å². The van der Waals surface area contributed by atoms with Crippen LogP contribution in [0.4, 0.5) is 23.0 Å². The lowest BCUT2D eigenvalue weighted by Crippen LogP contribution is -2.35. The van der Waals surface area contributed by atoms with Crippen molar-refractivity contribution in [3.63, 3.8) is 0 Å². The highest BCUT2D eigenvalue weighted by Gasteiger charge is 2.30. The lowest BCUT2D eigenvalue weighted by molar-refractivity contribution is -0.383. The molecule has 3 aromatic rings. The summed E-state index contributed by atoms with van der Waals surface area (Å²) < 4.78 is 28.6. The third-order valence-corrected chi connectivity index (χ3v) is 8.11. The molecule has 1 saturated heterocycles. The first-order chi connectivity index (χ1) is 16.7. The van der Waals surface area contributed by atoms with Crippen molar-refractivity contribution in [3.05, 3.63) is 65.0 Å². The number of nitrogens with zero attached hydrogens (tertiary/aromatic N) is 4. The van der Waals surface area contributed by atoms with Gasteiger partial charge in [-0.3, -0.25) is 10.1 Å². The van der Waals surface area contributed by atoms with Gasteiger partial charge in [0.15, 0.2) is 9.84 Å². The van der Waals surface area contributed by atoms with Gasteiger partial charge in [-0.05, 0) is 61.4 Å². The molecule has 35 heavy (non-hydrogen) atoms. The van der Waals surface area contributed by atoms with Gasteiger partial charge in [-0.1, -0.05) is 0 Å². The summed E-state index contributed by atoms with van der Waals surface area (Å²) >= 11 is 1.80. The molecule has 0 amide bonds. The van der Waals surface area contributed by atoms with Crippen LogP contribution in [0, 0.1) is 10.1 Å². The molecule has 10 nitrogen and oxygen atoms in total. The van der Waals surface area contributed by atoms with E-state index in [1.165, 1.54) is 18.5 Å². The van der Waals surface area contributed by atoms with Gasteiger partial charge in [-0.2, -0.15) is 0 Å². The highest BCUT2D eigenvalue weighted by atomic mass is 32.2. The van der Waals surface area contributed by atoms with Crippen molar-refractivity contribution in [1.82, 2.24) is 9.97 Å². The van der Waals surface area contributed by atoms with Crippen molar-refractivity contribution in [2.75, 3.05) is 36.7 Å². The quantitative estimate of drug-likeness (QED) is 0.342. The summed E-state index contributed by atoms with van der Waals surface area (Å²) in [6, 6.07) is 13.9. The molecule has 0 atom stereocenters. The fourth-order valence-corrected chi connectivity index (χ4v) is 5.57. The van der Waals surface area contributed by atoms with E-state index in [-0.39, 0.29) is 22.2 Å². The number of piperidine rings is 1. The molecule has 4 rings (SSSR count). The first-order valence-corrected chi connectivity index (χ1v) is 13.6. The van der Waals surface area contributed by atoms with Crippen LogP contribution in [-0.2, 0) is 9.84 Å². The molecule has 1 fully saturated rings. The van der Waals surface area contributed by atoms with E-state index in [2.05, 4.69) is 15.3 Å². The number of anilines is 3. The zero-order chi connectivity index (χ0) is 25.0. The van der Waals surface area contributed by atoms with E-state index in [0.29, 0.717) is 24.0 Å². The van der Waals surface area contributed by atoms with Crippen molar-refractivity contribution in [2.45, 2.75) is 27.9 Å². The second-order valence-corrected chi connectivity index (χ2v) is 11.4. The average molecular weight is 516 g/mol. The largest absolute Gasteiger partial charge is 0.497 e. The Labute approximate surface area is 207 Å². The van der Waals surface area contributed by atoms with Gasteiger partial charge in [0, 0.05) is 35.2 Å². The van der Waals surface area contributed by atoms with E-state index in [0.717, 1.165) is 29.7 Å². The van der Waals surface area contributed by atoms with E-state index >= 15 is 0 Å². The number of nitro groups is 1. The highest BCUT2D eigenvalue weighted by molar-refractivity contribution is 8.00. The molecule has 2 heterocycles. The van der Waals surface area contributed by atoms with E-state index in [1.54, 1.807) is 31.0 Å². The van der Waals surface area contributed by atoms with Gasteiger partial charge in [-0.25, -0.2) is 18.4 Å². The topological polar surface area (TPSA) is 128 Å². The fourth-order valence-electron chi connectivity index (χ4n) is 3.81. The Bertz CT molecular complexity index is 1290. The fraction of sp³-hybridized carbons (Fsp3) is 0.304. The van der Waals surface area contributed by atoms with E-state index in [4.69, 9.17) is 4.74 Å². The summed E-state index contributed by atoms with van der Waals surface area (Å²) in [4.78, 5) is 23.1. The number of hydrogen-bond donors (Lipinski definition) is 1. The van der Waals surface area contributed by atoms with Crippen molar-refractivity contribution in [2.24, 2.45) is 0 Å². The first-order valence-electron chi connectivity index (χ1n) is 10.9. The molecule has 1 aliphatic heterocycles. The van der Waals surface area contributed by atoms with Crippen molar-refractivity contribution in [1.29, 1.82) is 0 Å². The predicted molar refractivity (Wildman–Crippen MR) is 136 cm³/mol. The Balaban J connectivity index is 1.47. The van der Waals surface area contributed by atoms with Gasteiger partial charge < -0.3 is 15.0 Å². The Morgan fingerprint density at radius 2 is 1.74 bits per heavy atom. The number of ether oxygens (including phenoxy) is 1. The second-order valence-electron chi connectivity index (χ2n) is 8.05. The van der Waals surface area contributed by atoms with Crippen LogP contribution in [0.1, 0.15) is 12.8 Å². The minimum Gasteiger partial charge on any atom is -0.497 e. The molecule has 1 aromatic heterocycles. The maximum Gasteiger partial charge on any atom is 0.353 e. The minimum absolute atomic E-state index is 0.0573. The number of hydrogen-bond acceptors (Lipinski definition) is 10. The van der Waals surface area contributed by atoms with E-state index in [9.17, 15) is 18.5 Å². The standard InChI is InChI=1S/C23H25N5O5S2/c1-33-17-5-7-18(8-6-17)34-19-11-13-27(14-12-19)23-21(28(29)30)22(24-15-25-23)26-16-3-9-20(10-4-16)35(2,31)32/h3-10,15,19H,11-14H2,1-2H3,(H,24,25,26). The Morgan fingerprint density at radius 3 is 2.31 bits per heavy atom. The summed E-state index contributed by atoms with van der Waals surface area (Å²) in [7, 11) is -1.70. The normalized spacial score (nSPS) is 14.5. The predicted octanol–water partition coefficient (Wildman–Crippen LogP) is 4.30. The molecule has 1 N–H and O–H groups in total. The Morgan fingerprint density at radius 1 is 1.09 bits per heavy atom. The number of sulfone groups is 1. The molecule has 0 unspecified atom stereocenters. The van der Waals surface area contributed by atoms with Crippen molar-refractivity contribution < 1.29 is 18.1 Å². The van der Waals surface area contributed by atoms with Gasteiger partial charge in [0.05, 0.1) is 16.9 Å². The van der Waals surface area contributed by atoms with Gasteiger partial charge >= 0.3 is 5.69 Å². The molecule has 0 bridgehead atoms. The third kappa shape index (κ3) is 6.01. The molecule has 0 radical (unpaired) electrons. The molecular weight excluding hydrogens is 490 g/mol. The van der Waals surface area contributed by atoms with Gasteiger partial charge in [0.25, 0.3) is 0 Å². The SMILES string of the molecule is COc1ccc(SC2CCN(c3ncnc(Nc4ccc(S(C)(=O)=O)cc4)c3[N+](=O)[O-])CC2)cc1. The van der Waals surface area contributed by atoms with Crippen LogP contribution in [0.3, 0.4) is 0 Å². The molecule has 12 heteroatoms. The molecule has 184 valence electrons. The third-order valence-electron chi connectivity index (χ3n) is 5.63. The number of nitrogens with one attached hydrogen (secondary N) is 1. The summed E-state index contributed by atoms with van der Waals surface area (Å²) in [6.07, 6.45) is 4.13. The number of rotatable bonds is 8. The van der Waals surface area contributed by atoms with Crippen LogP contribution in [0.15, 0.2) is 64.6 Å². The number of aromatic nitrogens is 2. The summed E-state index contributed by atoms with van der Waals surface area (Å²) in [5, 5.41) is 15.3.